The van der Waals surface area contributed by atoms with Crippen molar-refractivity contribution in [1.29, 1.82) is 0 Å². The van der Waals surface area contributed by atoms with E-state index in [9.17, 15) is 0 Å². The number of ether oxygens (including phenoxy) is 1. The number of hydrogen-bond acceptors (Lipinski definition) is 2. The largest absolute Gasteiger partial charge is 0.378 e. The summed E-state index contributed by atoms with van der Waals surface area (Å²) in [6.45, 7) is 8.42. The Kier molecular flexibility index (Phi) is 6.72. The molecule has 0 aliphatic heterocycles. The van der Waals surface area contributed by atoms with Crippen molar-refractivity contribution in [2.75, 3.05) is 13.2 Å². The minimum atomic E-state index is 0.533. The SMILES string of the molecule is CCNC(Cc1ccc(CC)cc1)CC1CC(OCC)C1. The summed E-state index contributed by atoms with van der Waals surface area (Å²) in [5, 5.41) is 3.66. The number of rotatable bonds is 9. The van der Waals surface area contributed by atoms with Crippen LogP contribution in [0.5, 0.6) is 0 Å². The normalized spacial score (nSPS) is 22.8. The molecule has 0 radical (unpaired) electrons. The lowest BCUT2D eigenvalue weighted by molar-refractivity contribution is -0.0289. The Morgan fingerprint density at radius 3 is 2.33 bits per heavy atom. The van der Waals surface area contributed by atoms with Crippen LogP contribution in [0, 0.1) is 5.92 Å². The molecule has 1 N–H and O–H groups in total. The minimum Gasteiger partial charge on any atom is -0.378 e. The van der Waals surface area contributed by atoms with Crippen molar-refractivity contribution < 1.29 is 4.74 Å². The second kappa shape index (κ2) is 8.55. The predicted molar refractivity (Wildman–Crippen MR) is 89.7 cm³/mol. The third-order valence-corrected chi connectivity index (χ3v) is 4.62. The molecule has 2 heteroatoms. The minimum absolute atomic E-state index is 0.533. The van der Waals surface area contributed by atoms with Crippen molar-refractivity contribution in [2.24, 2.45) is 5.92 Å². The highest BCUT2D eigenvalue weighted by Gasteiger charge is 2.31. The van der Waals surface area contributed by atoms with Crippen molar-refractivity contribution in [3.63, 3.8) is 0 Å². The van der Waals surface area contributed by atoms with Gasteiger partial charge >= 0.3 is 0 Å². The van der Waals surface area contributed by atoms with Crippen LogP contribution < -0.4 is 5.32 Å². The molecule has 1 atom stereocenters. The van der Waals surface area contributed by atoms with Crippen LogP contribution in [-0.2, 0) is 17.6 Å². The van der Waals surface area contributed by atoms with Crippen molar-refractivity contribution in [3.05, 3.63) is 35.4 Å². The first-order valence-corrected chi connectivity index (χ1v) is 8.67. The molecule has 21 heavy (non-hydrogen) atoms. The number of aryl methyl sites for hydroxylation is 1. The summed E-state index contributed by atoms with van der Waals surface area (Å²) in [6.07, 6.45) is 6.60. The number of nitrogens with one attached hydrogen (secondary N) is 1. The lowest BCUT2D eigenvalue weighted by Gasteiger charge is -2.37. The second-order valence-corrected chi connectivity index (χ2v) is 6.28. The Bertz CT molecular complexity index is 395. The van der Waals surface area contributed by atoms with Crippen LogP contribution in [0.1, 0.15) is 51.2 Å². The molecule has 1 saturated carbocycles. The van der Waals surface area contributed by atoms with Crippen LogP contribution in [0.2, 0.25) is 0 Å². The Morgan fingerprint density at radius 1 is 1.10 bits per heavy atom. The fourth-order valence-electron chi connectivity index (χ4n) is 3.36. The van der Waals surface area contributed by atoms with Crippen LogP contribution in [0.4, 0.5) is 0 Å². The molecule has 2 rings (SSSR count). The molecular weight excluding hydrogens is 258 g/mol. The van der Waals surface area contributed by atoms with Crippen LogP contribution in [0.3, 0.4) is 0 Å². The standard InChI is InChI=1S/C19H31NO/c1-4-15-7-9-16(10-8-15)11-18(20-5-2)12-17-13-19(14-17)21-6-3/h7-10,17-20H,4-6,11-14H2,1-3H3. The summed E-state index contributed by atoms with van der Waals surface area (Å²) in [5.41, 5.74) is 2.89. The van der Waals surface area contributed by atoms with E-state index in [0.29, 0.717) is 12.1 Å². The first-order chi connectivity index (χ1) is 10.2. The molecule has 0 aromatic heterocycles. The number of hydrogen-bond donors (Lipinski definition) is 1. The Labute approximate surface area is 130 Å². The molecule has 0 bridgehead atoms. The fraction of sp³-hybridized carbons (Fsp3) is 0.684. The maximum atomic E-state index is 5.67. The van der Waals surface area contributed by atoms with Gasteiger partial charge in [0, 0.05) is 12.6 Å². The van der Waals surface area contributed by atoms with E-state index in [0.717, 1.165) is 31.9 Å². The topological polar surface area (TPSA) is 21.3 Å². The first-order valence-electron chi connectivity index (χ1n) is 8.67. The summed E-state index contributed by atoms with van der Waals surface area (Å²) < 4.78 is 5.67. The highest BCUT2D eigenvalue weighted by Crippen LogP contribution is 2.34. The molecule has 1 aromatic carbocycles. The van der Waals surface area contributed by atoms with Gasteiger partial charge in [-0.3, -0.25) is 0 Å². The average Bonchev–Trinajstić information content (AvgIpc) is 2.46. The van der Waals surface area contributed by atoms with Crippen molar-refractivity contribution in [3.8, 4) is 0 Å². The van der Waals surface area contributed by atoms with Gasteiger partial charge in [0.1, 0.15) is 0 Å². The van der Waals surface area contributed by atoms with E-state index in [1.807, 2.05) is 0 Å². The van der Waals surface area contributed by atoms with Gasteiger partial charge in [-0.25, -0.2) is 0 Å². The van der Waals surface area contributed by atoms with E-state index in [2.05, 4.69) is 50.4 Å². The van der Waals surface area contributed by atoms with Gasteiger partial charge in [-0.05, 0) is 62.6 Å². The van der Waals surface area contributed by atoms with E-state index in [1.54, 1.807) is 0 Å². The van der Waals surface area contributed by atoms with Crippen LogP contribution in [0.25, 0.3) is 0 Å². The van der Waals surface area contributed by atoms with E-state index in [-0.39, 0.29) is 0 Å². The maximum Gasteiger partial charge on any atom is 0.0580 e. The molecule has 1 aliphatic carbocycles. The average molecular weight is 289 g/mol. The smallest absolute Gasteiger partial charge is 0.0580 e. The van der Waals surface area contributed by atoms with Gasteiger partial charge in [0.2, 0.25) is 0 Å². The molecule has 2 nitrogen and oxygen atoms in total. The Hall–Kier alpha value is -0.860. The molecule has 1 unspecified atom stereocenters. The molecular formula is C19H31NO. The highest BCUT2D eigenvalue weighted by molar-refractivity contribution is 5.23. The van der Waals surface area contributed by atoms with Crippen molar-refractivity contribution in [1.82, 2.24) is 5.32 Å². The molecule has 118 valence electrons. The third kappa shape index (κ3) is 5.12. The first kappa shape index (κ1) is 16.5. The summed E-state index contributed by atoms with van der Waals surface area (Å²) in [6, 6.07) is 9.74. The van der Waals surface area contributed by atoms with E-state index < -0.39 is 0 Å². The molecule has 0 amide bonds. The van der Waals surface area contributed by atoms with E-state index >= 15 is 0 Å². The lowest BCUT2D eigenvalue weighted by Crippen LogP contribution is -2.39. The second-order valence-electron chi connectivity index (χ2n) is 6.28. The van der Waals surface area contributed by atoms with E-state index in [1.165, 1.54) is 30.4 Å². The zero-order chi connectivity index (χ0) is 15.1. The summed E-state index contributed by atoms with van der Waals surface area (Å²) in [4.78, 5) is 0. The van der Waals surface area contributed by atoms with E-state index in [4.69, 9.17) is 4.74 Å². The van der Waals surface area contributed by atoms with Gasteiger partial charge in [-0.2, -0.15) is 0 Å². The van der Waals surface area contributed by atoms with Crippen LogP contribution in [0.15, 0.2) is 24.3 Å². The molecule has 0 heterocycles. The highest BCUT2D eigenvalue weighted by atomic mass is 16.5. The number of likely N-dealkylation sites (N-methyl/N-ethyl adjacent to an activating group) is 1. The van der Waals surface area contributed by atoms with Crippen molar-refractivity contribution >= 4 is 0 Å². The van der Waals surface area contributed by atoms with Crippen LogP contribution >= 0.6 is 0 Å². The van der Waals surface area contributed by atoms with Gasteiger partial charge in [0.05, 0.1) is 6.10 Å². The van der Waals surface area contributed by atoms with Crippen LogP contribution in [-0.4, -0.2) is 25.3 Å². The van der Waals surface area contributed by atoms with Gasteiger partial charge in [-0.1, -0.05) is 38.1 Å². The number of benzene rings is 1. The van der Waals surface area contributed by atoms with Gasteiger partial charge < -0.3 is 10.1 Å². The summed E-state index contributed by atoms with van der Waals surface area (Å²) >= 11 is 0. The molecule has 1 aromatic rings. The van der Waals surface area contributed by atoms with Gasteiger partial charge in [-0.15, -0.1) is 0 Å². The van der Waals surface area contributed by atoms with Crippen molar-refractivity contribution in [2.45, 2.75) is 65.0 Å². The quantitative estimate of drug-likeness (QED) is 0.742. The zero-order valence-electron chi connectivity index (χ0n) is 13.9. The third-order valence-electron chi connectivity index (χ3n) is 4.62. The monoisotopic (exact) mass is 289 g/mol. The molecule has 0 spiro atoms. The maximum absolute atomic E-state index is 5.67. The Morgan fingerprint density at radius 2 is 1.76 bits per heavy atom. The summed E-state index contributed by atoms with van der Waals surface area (Å²) in [7, 11) is 0. The van der Waals surface area contributed by atoms with Gasteiger partial charge in [0.25, 0.3) is 0 Å². The Balaban J connectivity index is 1.81. The molecule has 0 saturated heterocycles. The lowest BCUT2D eigenvalue weighted by atomic mass is 9.77. The summed E-state index contributed by atoms with van der Waals surface area (Å²) in [5.74, 6) is 0.848. The molecule has 1 aliphatic rings. The predicted octanol–water partition coefficient (Wildman–Crippen LogP) is 3.97. The molecule has 1 fully saturated rings. The van der Waals surface area contributed by atoms with Gasteiger partial charge in [0.15, 0.2) is 0 Å². The zero-order valence-corrected chi connectivity index (χ0v) is 13.9. The fourth-order valence-corrected chi connectivity index (χ4v) is 3.36.